The van der Waals surface area contributed by atoms with Gasteiger partial charge in [0.15, 0.2) is 6.04 Å². The van der Waals surface area contributed by atoms with E-state index in [4.69, 9.17) is 4.74 Å². The van der Waals surface area contributed by atoms with E-state index in [9.17, 15) is 13.6 Å². The zero-order valence-corrected chi connectivity index (χ0v) is 11.7. The third-order valence-electron chi connectivity index (χ3n) is 3.44. The maximum absolute atomic E-state index is 13.8. The molecule has 5 nitrogen and oxygen atoms in total. The predicted molar refractivity (Wildman–Crippen MR) is 74.7 cm³/mol. The number of nitrogens with zero attached hydrogens (tertiary/aromatic N) is 2. The van der Waals surface area contributed by atoms with Gasteiger partial charge >= 0.3 is 5.97 Å². The van der Waals surface area contributed by atoms with E-state index in [0.717, 1.165) is 6.20 Å². The molecule has 0 saturated carbocycles. The number of hydrogen-bond acceptors (Lipinski definition) is 5. The van der Waals surface area contributed by atoms with Gasteiger partial charge in [-0.3, -0.25) is 5.01 Å². The molecule has 114 valence electrons. The lowest BCUT2D eigenvalue weighted by atomic mass is 10.1. The highest BCUT2D eigenvalue weighted by atomic mass is 19.1. The fourth-order valence-electron chi connectivity index (χ4n) is 2.39. The molecule has 0 bridgehead atoms. The van der Waals surface area contributed by atoms with Crippen LogP contribution in [0.4, 0.5) is 14.6 Å². The molecule has 1 aliphatic heterocycles. The SMILES string of the molecule is COC(=O)C1NN(Cc2ccccc2F)c2ncc(F)cc21. The van der Waals surface area contributed by atoms with Gasteiger partial charge in [0, 0.05) is 11.1 Å². The molecule has 1 aromatic carbocycles. The molecule has 3 rings (SSSR count). The monoisotopic (exact) mass is 305 g/mol. The van der Waals surface area contributed by atoms with Gasteiger partial charge in [-0.25, -0.2) is 24.0 Å². The number of hydrazine groups is 1. The molecule has 22 heavy (non-hydrogen) atoms. The summed E-state index contributed by atoms with van der Waals surface area (Å²) in [5.74, 6) is -1.11. The highest BCUT2D eigenvalue weighted by Crippen LogP contribution is 2.33. The Balaban J connectivity index is 1.95. The third kappa shape index (κ3) is 2.50. The summed E-state index contributed by atoms with van der Waals surface area (Å²) in [5, 5.41) is 1.51. The smallest absolute Gasteiger partial charge is 0.329 e. The van der Waals surface area contributed by atoms with Crippen molar-refractivity contribution in [3.05, 3.63) is 59.3 Å². The Kier molecular flexibility index (Phi) is 3.72. The Labute approximate surface area is 125 Å². The first-order valence-corrected chi connectivity index (χ1v) is 6.60. The van der Waals surface area contributed by atoms with Gasteiger partial charge in [-0.15, -0.1) is 0 Å². The fourth-order valence-corrected chi connectivity index (χ4v) is 2.39. The number of hydrogen-bond donors (Lipinski definition) is 1. The number of halogens is 2. The Morgan fingerprint density at radius 1 is 1.41 bits per heavy atom. The van der Waals surface area contributed by atoms with Crippen molar-refractivity contribution in [3.63, 3.8) is 0 Å². The zero-order chi connectivity index (χ0) is 15.7. The molecule has 0 radical (unpaired) electrons. The first-order valence-electron chi connectivity index (χ1n) is 6.60. The number of ether oxygens (including phenoxy) is 1. The number of methoxy groups -OCH3 is 1. The van der Waals surface area contributed by atoms with Crippen molar-refractivity contribution in [3.8, 4) is 0 Å². The molecular weight excluding hydrogens is 292 g/mol. The average Bonchev–Trinajstić information content (AvgIpc) is 2.86. The number of rotatable bonds is 3. The lowest BCUT2D eigenvalue weighted by molar-refractivity contribution is -0.143. The van der Waals surface area contributed by atoms with Crippen LogP contribution in [0.5, 0.6) is 0 Å². The van der Waals surface area contributed by atoms with Gasteiger partial charge in [-0.1, -0.05) is 18.2 Å². The summed E-state index contributed by atoms with van der Waals surface area (Å²) in [6, 6.07) is 6.64. The number of esters is 1. The van der Waals surface area contributed by atoms with E-state index in [-0.39, 0.29) is 12.4 Å². The van der Waals surface area contributed by atoms with Crippen LogP contribution in [0, 0.1) is 11.6 Å². The molecular formula is C15H13F2N3O2. The van der Waals surface area contributed by atoms with Crippen molar-refractivity contribution in [1.82, 2.24) is 10.4 Å². The number of fused-ring (bicyclic) bond motifs is 1. The molecule has 1 atom stereocenters. The van der Waals surface area contributed by atoms with E-state index in [1.54, 1.807) is 18.2 Å². The number of carbonyl (C=O) groups is 1. The van der Waals surface area contributed by atoms with Crippen molar-refractivity contribution in [2.24, 2.45) is 0 Å². The van der Waals surface area contributed by atoms with Crippen molar-refractivity contribution in [2.45, 2.75) is 12.6 Å². The Hall–Kier alpha value is -2.54. The van der Waals surface area contributed by atoms with Crippen LogP contribution in [0.15, 0.2) is 36.5 Å². The lowest BCUT2D eigenvalue weighted by Gasteiger charge is -2.19. The summed E-state index contributed by atoms with van der Waals surface area (Å²) in [6.45, 7) is 0.145. The summed E-state index contributed by atoms with van der Waals surface area (Å²) < 4.78 is 31.9. The van der Waals surface area contributed by atoms with E-state index in [1.165, 1.54) is 24.3 Å². The summed E-state index contributed by atoms with van der Waals surface area (Å²) in [5.41, 5.74) is 3.67. The Bertz CT molecular complexity index is 724. The number of anilines is 1. The predicted octanol–water partition coefficient (Wildman–Crippen LogP) is 2.10. The molecule has 0 spiro atoms. The number of nitrogens with one attached hydrogen (secondary N) is 1. The second kappa shape index (κ2) is 5.69. The molecule has 1 aromatic heterocycles. The van der Waals surface area contributed by atoms with Crippen molar-refractivity contribution in [1.29, 1.82) is 0 Å². The highest BCUT2D eigenvalue weighted by Gasteiger charge is 2.35. The van der Waals surface area contributed by atoms with E-state index >= 15 is 0 Å². The van der Waals surface area contributed by atoms with Crippen LogP contribution in [0.3, 0.4) is 0 Å². The van der Waals surface area contributed by atoms with Crippen LogP contribution in [0.25, 0.3) is 0 Å². The van der Waals surface area contributed by atoms with Crippen LogP contribution in [-0.4, -0.2) is 18.1 Å². The maximum atomic E-state index is 13.8. The summed E-state index contributed by atoms with van der Waals surface area (Å²) in [6.07, 6.45) is 1.05. The third-order valence-corrected chi connectivity index (χ3v) is 3.44. The molecule has 1 aliphatic rings. The van der Waals surface area contributed by atoms with E-state index in [0.29, 0.717) is 16.9 Å². The largest absolute Gasteiger partial charge is 0.468 e. The standard InChI is InChI=1S/C15H13F2N3O2/c1-22-15(21)13-11-6-10(16)7-18-14(11)20(19-13)8-9-4-2-3-5-12(9)17/h2-7,13,19H,8H2,1H3. The first-order chi connectivity index (χ1) is 10.6. The summed E-state index contributed by atoms with van der Waals surface area (Å²) >= 11 is 0. The normalized spacial score (nSPS) is 16.5. The summed E-state index contributed by atoms with van der Waals surface area (Å²) in [4.78, 5) is 15.8. The van der Waals surface area contributed by atoms with Crippen LogP contribution in [-0.2, 0) is 16.1 Å². The molecule has 1 N–H and O–H groups in total. The number of benzene rings is 1. The molecule has 0 amide bonds. The van der Waals surface area contributed by atoms with Crippen molar-refractivity contribution >= 4 is 11.8 Å². The van der Waals surface area contributed by atoms with Gasteiger partial charge in [0.25, 0.3) is 0 Å². The molecule has 0 saturated heterocycles. The number of carbonyl (C=O) groups excluding carboxylic acids is 1. The topological polar surface area (TPSA) is 54.5 Å². The Morgan fingerprint density at radius 3 is 2.91 bits per heavy atom. The second-order valence-corrected chi connectivity index (χ2v) is 4.83. The second-order valence-electron chi connectivity index (χ2n) is 4.83. The van der Waals surface area contributed by atoms with Gasteiger partial charge in [-0.2, -0.15) is 0 Å². The van der Waals surface area contributed by atoms with Crippen molar-refractivity contribution < 1.29 is 18.3 Å². The highest BCUT2D eigenvalue weighted by molar-refractivity contribution is 5.81. The van der Waals surface area contributed by atoms with E-state index in [2.05, 4.69) is 10.4 Å². The lowest BCUT2D eigenvalue weighted by Crippen LogP contribution is -2.37. The van der Waals surface area contributed by atoms with Crippen LogP contribution >= 0.6 is 0 Å². The molecule has 7 heteroatoms. The minimum atomic E-state index is -0.866. The number of aromatic nitrogens is 1. The van der Waals surface area contributed by atoms with Gasteiger partial charge in [0.2, 0.25) is 0 Å². The van der Waals surface area contributed by atoms with Gasteiger partial charge in [-0.05, 0) is 12.1 Å². The minimum absolute atomic E-state index is 0.145. The molecule has 0 aliphatic carbocycles. The molecule has 0 fully saturated rings. The first kappa shape index (κ1) is 14.4. The average molecular weight is 305 g/mol. The fraction of sp³-hybridized carbons (Fsp3) is 0.200. The molecule has 2 aromatic rings. The van der Waals surface area contributed by atoms with Crippen LogP contribution in [0.1, 0.15) is 17.2 Å². The van der Waals surface area contributed by atoms with E-state index < -0.39 is 17.8 Å². The maximum Gasteiger partial charge on any atom is 0.329 e. The minimum Gasteiger partial charge on any atom is -0.468 e. The molecule has 2 heterocycles. The van der Waals surface area contributed by atoms with Crippen LogP contribution < -0.4 is 10.4 Å². The van der Waals surface area contributed by atoms with Crippen molar-refractivity contribution in [2.75, 3.05) is 12.1 Å². The Morgan fingerprint density at radius 2 is 2.18 bits per heavy atom. The van der Waals surface area contributed by atoms with Gasteiger partial charge in [0.05, 0.1) is 19.9 Å². The number of pyridine rings is 1. The molecule has 1 unspecified atom stereocenters. The van der Waals surface area contributed by atoms with Gasteiger partial charge in [0.1, 0.15) is 17.5 Å². The zero-order valence-electron chi connectivity index (χ0n) is 11.7. The van der Waals surface area contributed by atoms with E-state index in [1.807, 2.05) is 0 Å². The quantitative estimate of drug-likeness (QED) is 0.880. The van der Waals surface area contributed by atoms with Gasteiger partial charge < -0.3 is 4.74 Å². The van der Waals surface area contributed by atoms with Crippen LogP contribution in [0.2, 0.25) is 0 Å². The summed E-state index contributed by atoms with van der Waals surface area (Å²) in [7, 11) is 1.25.